The Bertz CT molecular complexity index is 1520. The summed E-state index contributed by atoms with van der Waals surface area (Å²) in [7, 11) is 0. The van der Waals surface area contributed by atoms with Crippen LogP contribution in [0, 0.1) is 0 Å². The second-order valence-electron chi connectivity index (χ2n) is 10.2. The number of phenols is 3. The zero-order valence-electron chi connectivity index (χ0n) is 22.1. The molecule has 3 aromatic rings. The highest BCUT2D eigenvalue weighted by molar-refractivity contribution is 5.88. The molecule has 0 spiro atoms. The monoisotopic (exact) mass is 594 g/mol. The first-order valence-electron chi connectivity index (χ1n) is 12.9. The number of phenolic OH excluding ortho intramolecular Hbond substituents is 3. The highest BCUT2D eigenvalue weighted by Crippen LogP contribution is 2.40. The van der Waals surface area contributed by atoms with Gasteiger partial charge < -0.3 is 69.3 Å². The van der Waals surface area contributed by atoms with Gasteiger partial charge in [0.15, 0.2) is 17.3 Å². The Labute approximate surface area is 236 Å². The van der Waals surface area contributed by atoms with Crippen molar-refractivity contribution in [3.8, 4) is 40.1 Å². The van der Waals surface area contributed by atoms with Crippen LogP contribution in [0.4, 0.5) is 0 Å². The molecule has 0 bridgehead atoms. The first kappa shape index (κ1) is 29.8. The minimum Gasteiger partial charge on any atom is -0.508 e. The molecule has 0 radical (unpaired) electrons. The molecule has 228 valence electrons. The molecule has 2 aliphatic heterocycles. The third kappa shape index (κ3) is 5.21. The topological polar surface area (TPSA) is 249 Å². The molecule has 1 aromatic heterocycles. The predicted octanol–water partition coefficient (Wildman–Crippen LogP) is -1.01. The number of hydrogen-bond acceptors (Lipinski definition) is 15. The molecule has 15 nitrogen and oxygen atoms in total. The number of rotatable bonds is 5. The summed E-state index contributed by atoms with van der Waals surface area (Å²) in [6.45, 7) is 2.83. The van der Waals surface area contributed by atoms with Crippen LogP contribution < -0.4 is 14.9 Å². The van der Waals surface area contributed by atoms with E-state index in [-0.39, 0.29) is 22.7 Å². The van der Waals surface area contributed by atoms with E-state index in [1.165, 1.54) is 19.9 Å². The quantitative estimate of drug-likeness (QED) is 0.172. The molecule has 2 aromatic carbocycles. The summed E-state index contributed by atoms with van der Waals surface area (Å²) in [6.07, 6.45) is -14.9. The molecular weight excluding hydrogens is 564 g/mol. The van der Waals surface area contributed by atoms with E-state index in [9.17, 15) is 50.8 Å². The first-order valence-corrected chi connectivity index (χ1v) is 12.9. The molecule has 10 atom stereocenters. The molecule has 2 aliphatic rings. The van der Waals surface area contributed by atoms with Crippen LogP contribution in [0.15, 0.2) is 39.5 Å². The zero-order valence-corrected chi connectivity index (χ0v) is 22.1. The minimum absolute atomic E-state index is 0.00232. The van der Waals surface area contributed by atoms with Gasteiger partial charge in [-0.05, 0) is 32.0 Å². The first-order chi connectivity index (χ1) is 19.8. The van der Waals surface area contributed by atoms with E-state index >= 15 is 0 Å². The molecule has 5 rings (SSSR count). The fourth-order valence-electron chi connectivity index (χ4n) is 4.78. The summed E-state index contributed by atoms with van der Waals surface area (Å²) < 4.78 is 28.0. The van der Waals surface area contributed by atoms with Crippen molar-refractivity contribution < 1.29 is 69.3 Å². The smallest absolute Gasteiger partial charge is 0.239 e. The highest BCUT2D eigenvalue weighted by Gasteiger charge is 2.45. The number of aliphatic hydroxyl groups is 6. The molecule has 15 heteroatoms. The Morgan fingerprint density at radius 3 is 1.86 bits per heavy atom. The Morgan fingerprint density at radius 1 is 0.690 bits per heavy atom. The third-order valence-corrected chi connectivity index (χ3v) is 7.23. The number of benzene rings is 2. The lowest BCUT2D eigenvalue weighted by molar-refractivity contribution is -0.268. The van der Waals surface area contributed by atoms with E-state index in [0.29, 0.717) is 0 Å². The number of aliphatic hydroxyl groups excluding tert-OH is 6. The van der Waals surface area contributed by atoms with Crippen molar-refractivity contribution in [1.29, 1.82) is 0 Å². The van der Waals surface area contributed by atoms with Crippen LogP contribution in [0.2, 0.25) is 0 Å². The van der Waals surface area contributed by atoms with Crippen molar-refractivity contribution in [2.24, 2.45) is 0 Å². The lowest BCUT2D eigenvalue weighted by Gasteiger charge is -2.39. The van der Waals surface area contributed by atoms with Crippen LogP contribution in [-0.2, 0) is 9.47 Å². The van der Waals surface area contributed by atoms with E-state index in [0.717, 1.165) is 24.3 Å². The summed E-state index contributed by atoms with van der Waals surface area (Å²) >= 11 is 0. The highest BCUT2D eigenvalue weighted by atomic mass is 16.7. The number of fused-ring (bicyclic) bond motifs is 1. The van der Waals surface area contributed by atoms with Crippen molar-refractivity contribution in [2.75, 3.05) is 0 Å². The van der Waals surface area contributed by atoms with Crippen LogP contribution >= 0.6 is 0 Å². The van der Waals surface area contributed by atoms with Crippen molar-refractivity contribution in [2.45, 2.75) is 75.3 Å². The molecule has 0 amide bonds. The zero-order chi connectivity index (χ0) is 30.6. The van der Waals surface area contributed by atoms with Crippen molar-refractivity contribution in [3.05, 3.63) is 40.6 Å². The summed E-state index contributed by atoms with van der Waals surface area (Å²) in [6, 6.07) is 5.52. The Balaban J connectivity index is 1.60. The van der Waals surface area contributed by atoms with Gasteiger partial charge in [-0.1, -0.05) is 0 Å². The fraction of sp³-hybridized carbons (Fsp3) is 0.444. The van der Waals surface area contributed by atoms with Gasteiger partial charge in [-0.15, -0.1) is 0 Å². The van der Waals surface area contributed by atoms with Crippen molar-refractivity contribution in [3.63, 3.8) is 0 Å². The van der Waals surface area contributed by atoms with E-state index in [2.05, 4.69) is 0 Å². The summed E-state index contributed by atoms with van der Waals surface area (Å²) in [5.74, 6) is -2.85. The van der Waals surface area contributed by atoms with Gasteiger partial charge in [0.25, 0.3) is 0 Å². The van der Waals surface area contributed by atoms with Gasteiger partial charge in [-0.2, -0.15) is 0 Å². The molecule has 0 unspecified atom stereocenters. The average Bonchev–Trinajstić information content (AvgIpc) is 2.94. The van der Waals surface area contributed by atoms with E-state index in [1.54, 1.807) is 0 Å². The largest absolute Gasteiger partial charge is 0.508 e. The summed E-state index contributed by atoms with van der Waals surface area (Å²) in [5.41, 5.74) is -1.25. The Morgan fingerprint density at radius 2 is 1.26 bits per heavy atom. The van der Waals surface area contributed by atoms with Gasteiger partial charge in [0.2, 0.25) is 23.8 Å². The number of ether oxygens (including phenoxy) is 4. The SMILES string of the molecule is C[C@@H]1O[C@@H](Oc2cc(-c3oc4cc(O)cc(O)c4c(=O)c3O[C@@H]3O[C@@H](C)[C@H](O)[C@@H](O)[C@H]3O)ccc2O)[C@H](O)[C@H](O)[C@H]1O. The predicted molar refractivity (Wildman–Crippen MR) is 139 cm³/mol. The fourth-order valence-corrected chi connectivity index (χ4v) is 4.78. The summed E-state index contributed by atoms with van der Waals surface area (Å²) in [4.78, 5) is 13.6. The van der Waals surface area contributed by atoms with E-state index in [4.69, 9.17) is 23.4 Å². The number of hydrogen-bond donors (Lipinski definition) is 9. The summed E-state index contributed by atoms with van der Waals surface area (Å²) in [5, 5.41) is 91.6. The van der Waals surface area contributed by atoms with Gasteiger partial charge in [0.1, 0.15) is 59.1 Å². The molecule has 0 saturated carbocycles. The van der Waals surface area contributed by atoms with Crippen LogP contribution in [0.3, 0.4) is 0 Å². The standard InChI is InChI=1S/C27H30O15/c1-8-17(31)20(34)22(36)26(38-8)41-14-5-10(3-4-12(14)29)24-25(42-27-23(37)21(35)18(32)9(2)39-27)19(33)16-13(30)6-11(28)7-15(16)40-24/h3-9,17-18,20-23,26-32,34-37H,1-2H3/t8-,9-,17-,18-,20+,21+,22+,23+,26-,27-/m0/s1. The molecule has 42 heavy (non-hydrogen) atoms. The average molecular weight is 595 g/mol. The lowest BCUT2D eigenvalue weighted by atomic mass is 10.00. The van der Waals surface area contributed by atoms with Crippen LogP contribution in [0.25, 0.3) is 22.3 Å². The molecule has 3 heterocycles. The van der Waals surface area contributed by atoms with Crippen LogP contribution in [0.1, 0.15) is 13.8 Å². The maximum atomic E-state index is 13.6. The van der Waals surface area contributed by atoms with Crippen molar-refractivity contribution in [1.82, 2.24) is 0 Å². The molecule has 2 saturated heterocycles. The Hall–Kier alpha value is -3.67. The second-order valence-corrected chi connectivity index (χ2v) is 10.2. The lowest BCUT2D eigenvalue weighted by Crippen LogP contribution is -2.58. The van der Waals surface area contributed by atoms with Gasteiger partial charge in [-0.25, -0.2) is 0 Å². The van der Waals surface area contributed by atoms with Gasteiger partial charge in [0, 0.05) is 17.7 Å². The van der Waals surface area contributed by atoms with Gasteiger partial charge in [0.05, 0.1) is 12.2 Å². The van der Waals surface area contributed by atoms with Gasteiger partial charge in [-0.3, -0.25) is 4.79 Å². The normalized spacial score (nSPS) is 33.4. The second kappa shape index (κ2) is 11.2. The van der Waals surface area contributed by atoms with E-state index in [1.807, 2.05) is 0 Å². The third-order valence-electron chi connectivity index (χ3n) is 7.23. The molecular formula is C27H30O15. The molecule has 9 N–H and O–H groups in total. The van der Waals surface area contributed by atoms with Crippen molar-refractivity contribution >= 4 is 11.0 Å². The molecule has 0 aliphatic carbocycles. The van der Waals surface area contributed by atoms with Crippen LogP contribution in [-0.4, -0.2) is 107 Å². The van der Waals surface area contributed by atoms with Crippen LogP contribution in [0.5, 0.6) is 28.7 Å². The molecule has 2 fully saturated rings. The Kier molecular flexibility index (Phi) is 7.95. The maximum Gasteiger partial charge on any atom is 0.239 e. The van der Waals surface area contributed by atoms with Gasteiger partial charge >= 0.3 is 0 Å². The maximum absolute atomic E-state index is 13.6. The van der Waals surface area contributed by atoms with E-state index < -0.39 is 95.2 Å². The minimum atomic E-state index is -1.82. The number of aromatic hydroxyl groups is 3.